The number of rotatable bonds is 5. The molecule has 5 nitrogen and oxygen atoms in total. The van der Waals surface area contributed by atoms with E-state index in [-0.39, 0.29) is 23.9 Å². The van der Waals surface area contributed by atoms with Gasteiger partial charge in [-0.1, -0.05) is 24.3 Å². The van der Waals surface area contributed by atoms with Crippen molar-refractivity contribution in [2.75, 3.05) is 17.2 Å². The lowest BCUT2D eigenvalue weighted by Gasteiger charge is -2.20. The number of amides is 2. The molecule has 138 valence electrons. The van der Waals surface area contributed by atoms with Gasteiger partial charge in [0.15, 0.2) is 0 Å². The highest BCUT2D eigenvalue weighted by molar-refractivity contribution is 5.97. The van der Waals surface area contributed by atoms with Gasteiger partial charge in [0.05, 0.1) is 6.54 Å². The van der Waals surface area contributed by atoms with Gasteiger partial charge in [0.2, 0.25) is 5.91 Å². The van der Waals surface area contributed by atoms with Gasteiger partial charge in [-0.05, 0) is 63.9 Å². The third kappa shape index (κ3) is 5.62. The molecule has 0 bridgehead atoms. The molecule has 0 heterocycles. The molecular weight excluding hydrogens is 326 g/mol. The van der Waals surface area contributed by atoms with Crippen LogP contribution >= 0.6 is 0 Å². The Balaban J connectivity index is 1.98. The van der Waals surface area contributed by atoms with Crippen molar-refractivity contribution >= 4 is 23.2 Å². The van der Waals surface area contributed by atoms with E-state index in [1.165, 1.54) is 0 Å². The zero-order chi connectivity index (χ0) is 19.3. The van der Waals surface area contributed by atoms with Crippen LogP contribution in [0.4, 0.5) is 11.4 Å². The van der Waals surface area contributed by atoms with Gasteiger partial charge in [-0.2, -0.15) is 0 Å². The monoisotopic (exact) mass is 353 g/mol. The molecule has 0 aliphatic carbocycles. The summed E-state index contributed by atoms with van der Waals surface area (Å²) in [5, 5.41) is 8.93. The Hall–Kier alpha value is -2.82. The Kier molecular flexibility index (Phi) is 6.03. The van der Waals surface area contributed by atoms with E-state index in [2.05, 4.69) is 16.0 Å². The summed E-state index contributed by atoms with van der Waals surface area (Å²) in [5.41, 5.74) is 3.88. The van der Waals surface area contributed by atoms with E-state index in [0.29, 0.717) is 5.56 Å². The maximum Gasteiger partial charge on any atom is 0.251 e. The molecule has 2 aromatic rings. The van der Waals surface area contributed by atoms with Crippen molar-refractivity contribution in [3.8, 4) is 0 Å². The predicted molar refractivity (Wildman–Crippen MR) is 107 cm³/mol. The normalized spacial score (nSPS) is 11.0. The summed E-state index contributed by atoms with van der Waals surface area (Å²) in [6.07, 6.45) is 0. The standard InChI is InChI=1S/C21H27N3O2/c1-14-8-6-9-15(2)19(14)23-18(25)13-22-17-11-7-10-16(12-17)20(26)24-21(3,4)5/h6-12,22H,13H2,1-5H3,(H,23,25)(H,24,26). The molecule has 0 saturated carbocycles. The fourth-order valence-corrected chi connectivity index (χ4v) is 2.56. The maximum atomic E-state index is 12.2. The quantitative estimate of drug-likeness (QED) is 0.764. The molecule has 0 spiro atoms. The van der Waals surface area contributed by atoms with Crippen LogP contribution in [0.5, 0.6) is 0 Å². The molecule has 0 radical (unpaired) electrons. The molecule has 0 aliphatic heterocycles. The lowest BCUT2D eigenvalue weighted by molar-refractivity contribution is -0.114. The van der Waals surface area contributed by atoms with Crippen LogP contribution in [0.15, 0.2) is 42.5 Å². The van der Waals surface area contributed by atoms with Gasteiger partial charge in [-0.25, -0.2) is 0 Å². The smallest absolute Gasteiger partial charge is 0.251 e. The molecule has 26 heavy (non-hydrogen) atoms. The second kappa shape index (κ2) is 8.04. The highest BCUT2D eigenvalue weighted by atomic mass is 16.2. The van der Waals surface area contributed by atoms with Gasteiger partial charge in [-0.15, -0.1) is 0 Å². The molecular formula is C21H27N3O2. The highest BCUT2D eigenvalue weighted by Gasteiger charge is 2.15. The summed E-state index contributed by atoms with van der Waals surface area (Å²) in [6, 6.07) is 13.0. The SMILES string of the molecule is Cc1cccc(C)c1NC(=O)CNc1cccc(C(=O)NC(C)(C)C)c1. The van der Waals surface area contributed by atoms with Crippen LogP contribution in [-0.4, -0.2) is 23.9 Å². The van der Waals surface area contributed by atoms with Crippen molar-refractivity contribution in [1.82, 2.24) is 5.32 Å². The zero-order valence-electron chi connectivity index (χ0n) is 16.1. The summed E-state index contributed by atoms with van der Waals surface area (Å²) < 4.78 is 0. The minimum atomic E-state index is -0.300. The fourth-order valence-electron chi connectivity index (χ4n) is 2.56. The summed E-state index contributed by atoms with van der Waals surface area (Å²) in [5.74, 6) is -0.270. The van der Waals surface area contributed by atoms with Crippen molar-refractivity contribution in [1.29, 1.82) is 0 Å². The molecule has 0 aliphatic rings. The topological polar surface area (TPSA) is 70.2 Å². The lowest BCUT2D eigenvalue weighted by atomic mass is 10.1. The van der Waals surface area contributed by atoms with Gasteiger partial charge in [0.25, 0.3) is 5.91 Å². The van der Waals surface area contributed by atoms with E-state index < -0.39 is 0 Å². The van der Waals surface area contributed by atoms with Crippen LogP contribution in [-0.2, 0) is 4.79 Å². The number of benzene rings is 2. The Morgan fingerprint density at radius 2 is 1.58 bits per heavy atom. The van der Waals surface area contributed by atoms with Crippen LogP contribution in [0.3, 0.4) is 0 Å². The summed E-state index contributed by atoms with van der Waals surface area (Å²) >= 11 is 0. The Bertz CT molecular complexity index is 787. The molecule has 0 aromatic heterocycles. The summed E-state index contributed by atoms with van der Waals surface area (Å²) in [4.78, 5) is 24.5. The second-order valence-electron chi connectivity index (χ2n) is 7.45. The van der Waals surface area contributed by atoms with Gasteiger partial charge in [-0.3, -0.25) is 9.59 Å². The number of hydrogen-bond donors (Lipinski definition) is 3. The fraction of sp³-hybridized carbons (Fsp3) is 0.333. The average molecular weight is 353 g/mol. The number of carbonyl (C=O) groups excluding carboxylic acids is 2. The molecule has 5 heteroatoms. The molecule has 2 aromatic carbocycles. The largest absolute Gasteiger partial charge is 0.376 e. The summed E-state index contributed by atoms with van der Waals surface area (Å²) in [6.45, 7) is 9.86. The number of para-hydroxylation sites is 1. The minimum Gasteiger partial charge on any atom is -0.376 e. The van der Waals surface area contributed by atoms with Gasteiger partial charge in [0.1, 0.15) is 0 Å². The third-order valence-electron chi connectivity index (χ3n) is 3.81. The van der Waals surface area contributed by atoms with Crippen LogP contribution in [0.2, 0.25) is 0 Å². The van der Waals surface area contributed by atoms with Crippen LogP contribution < -0.4 is 16.0 Å². The van der Waals surface area contributed by atoms with Crippen LogP contribution in [0.25, 0.3) is 0 Å². The van der Waals surface area contributed by atoms with E-state index >= 15 is 0 Å². The zero-order valence-corrected chi connectivity index (χ0v) is 16.1. The number of anilines is 2. The average Bonchev–Trinajstić information content (AvgIpc) is 2.55. The van der Waals surface area contributed by atoms with Crippen molar-refractivity contribution in [2.45, 2.75) is 40.2 Å². The van der Waals surface area contributed by atoms with Gasteiger partial charge >= 0.3 is 0 Å². The van der Waals surface area contributed by atoms with Crippen LogP contribution in [0, 0.1) is 13.8 Å². The minimum absolute atomic E-state index is 0.123. The highest BCUT2D eigenvalue weighted by Crippen LogP contribution is 2.19. The molecule has 2 rings (SSSR count). The van der Waals surface area contributed by atoms with Crippen molar-refractivity contribution < 1.29 is 9.59 Å². The van der Waals surface area contributed by atoms with E-state index in [1.807, 2.05) is 58.9 Å². The van der Waals surface area contributed by atoms with E-state index in [0.717, 1.165) is 22.5 Å². The molecule has 0 saturated heterocycles. The van der Waals surface area contributed by atoms with Crippen molar-refractivity contribution in [3.63, 3.8) is 0 Å². The molecule has 2 amide bonds. The third-order valence-corrected chi connectivity index (χ3v) is 3.81. The lowest BCUT2D eigenvalue weighted by Crippen LogP contribution is -2.40. The predicted octanol–water partition coefficient (Wildman–Crippen LogP) is 3.88. The van der Waals surface area contributed by atoms with Gasteiger partial charge in [0, 0.05) is 22.5 Å². The number of hydrogen-bond acceptors (Lipinski definition) is 3. The number of nitrogens with one attached hydrogen (secondary N) is 3. The van der Waals surface area contributed by atoms with E-state index in [1.54, 1.807) is 18.2 Å². The first-order chi connectivity index (χ1) is 12.2. The van der Waals surface area contributed by atoms with Crippen molar-refractivity contribution in [2.24, 2.45) is 0 Å². The number of aryl methyl sites for hydroxylation is 2. The Morgan fingerprint density at radius 1 is 0.962 bits per heavy atom. The van der Waals surface area contributed by atoms with E-state index in [9.17, 15) is 9.59 Å². The first-order valence-electron chi connectivity index (χ1n) is 8.68. The molecule has 0 fully saturated rings. The first-order valence-corrected chi connectivity index (χ1v) is 8.68. The molecule has 3 N–H and O–H groups in total. The second-order valence-corrected chi connectivity index (χ2v) is 7.45. The number of carbonyl (C=O) groups is 2. The van der Waals surface area contributed by atoms with E-state index in [4.69, 9.17) is 0 Å². The Morgan fingerprint density at radius 3 is 2.19 bits per heavy atom. The van der Waals surface area contributed by atoms with Crippen molar-refractivity contribution in [3.05, 3.63) is 59.2 Å². The molecule has 0 atom stereocenters. The summed E-state index contributed by atoms with van der Waals surface area (Å²) in [7, 11) is 0. The molecule has 0 unspecified atom stereocenters. The Labute approximate surface area is 155 Å². The first kappa shape index (κ1) is 19.5. The maximum absolute atomic E-state index is 12.2. The van der Waals surface area contributed by atoms with Crippen LogP contribution in [0.1, 0.15) is 42.3 Å². The van der Waals surface area contributed by atoms with Gasteiger partial charge < -0.3 is 16.0 Å².